The molecule has 1 heterocycles. The zero-order valence-corrected chi connectivity index (χ0v) is 11.9. The van der Waals surface area contributed by atoms with Gasteiger partial charge in [0.25, 0.3) is 5.91 Å². The van der Waals surface area contributed by atoms with Gasteiger partial charge >= 0.3 is 0 Å². The van der Waals surface area contributed by atoms with Gasteiger partial charge in [-0.2, -0.15) is 5.26 Å². The van der Waals surface area contributed by atoms with E-state index in [1.807, 2.05) is 0 Å². The third kappa shape index (κ3) is 3.18. The maximum Gasteiger partial charge on any atom is 0.263 e. The van der Waals surface area contributed by atoms with Crippen molar-refractivity contribution < 1.29 is 4.79 Å². The lowest BCUT2D eigenvalue weighted by molar-refractivity contribution is 0.0956. The Morgan fingerprint density at radius 2 is 2.26 bits per heavy atom. The van der Waals surface area contributed by atoms with E-state index in [0.29, 0.717) is 21.4 Å². The van der Waals surface area contributed by atoms with Crippen LogP contribution in [0.1, 0.15) is 41.9 Å². The van der Waals surface area contributed by atoms with E-state index in [0.717, 1.165) is 19.4 Å². The molecule has 0 radical (unpaired) electrons. The second kappa shape index (κ2) is 5.49. The van der Waals surface area contributed by atoms with Crippen LogP contribution >= 0.6 is 11.3 Å². The molecule has 6 heteroatoms. The summed E-state index contributed by atoms with van der Waals surface area (Å²) in [5.74, 6) is 0.290. The van der Waals surface area contributed by atoms with Gasteiger partial charge in [-0.05, 0) is 18.8 Å². The highest BCUT2D eigenvalue weighted by molar-refractivity contribution is 7.18. The predicted molar refractivity (Wildman–Crippen MR) is 77.3 cm³/mol. The number of nitrogen functional groups attached to an aromatic ring is 1. The summed E-state index contributed by atoms with van der Waals surface area (Å²) in [7, 11) is 0. The van der Waals surface area contributed by atoms with Crippen molar-refractivity contribution in [1.82, 2.24) is 5.32 Å². The minimum absolute atomic E-state index is 0.168. The van der Waals surface area contributed by atoms with Crippen LogP contribution in [0.2, 0.25) is 0 Å². The first-order valence-electron chi connectivity index (χ1n) is 6.40. The Labute approximate surface area is 116 Å². The van der Waals surface area contributed by atoms with Crippen LogP contribution in [-0.4, -0.2) is 18.5 Å². The Morgan fingerprint density at radius 3 is 2.79 bits per heavy atom. The molecule has 102 valence electrons. The lowest BCUT2D eigenvalue weighted by Gasteiger charge is -2.06. The van der Waals surface area contributed by atoms with Crippen molar-refractivity contribution in [2.24, 2.45) is 5.92 Å². The van der Waals surface area contributed by atoms with Gasteiger partial charge in [-0.1, -0.05) is 13.8 Å². The molecule has 1 saturated carbocycles. The molecular formula is C13H18N4OS. The zero-order valence-electron chi connectivity index (χ0n) is 11.1. The molecule has 0 unspecified atom stereocenters. The van der Waals surface area contributed by atoms with E-state index in [-0.39, 0.29) is 17.6 Å². The summed E-state index contributed by atoms with van der Waals surface area (Å²) < 4.78 is 0. The fourth-order valence-electron chi connectivity index (χ4n) is 1.62. The van der Waals surface area contributed by atoms with E-state index in [4.69, 9.17) is 11.0 Å². The molecule has 4 N–H and O–H groups in total. The standard InChI is InChI=1S/C13H18N4OS/c1-7(2)6-16-13-9(5-14)10(15)11(19-13)12(18)17-8-3-4-8/h7-8,16H,3-4,6,15H2,1-2H3,(H,17,18). The average Bonchev–Trinajstić information content (AvgIpc) is 3.09. The van der Waals surface area contributed by atoms with Crippen LogP contribution in [0.3, 0.4) is 0 Å². The van der Waals surface area contributed by atoms with Gasteiger partial charge in [0.05, 0.1) is 5.69 Å². The Balaban J connectivity index is 2.19. The lowest BCUT2D eigenvalue weighted by Crippen LogP contribution is -2.25. The van der Waals surface area contributed by atoms with Crippen LogP contribution in [0.4, 0.5) is 10.7 Å². The zero-order chi connectivity index (χ0) is 14.0. The highest BCUT2D eigenvalue weighted by Crippen LogP contribution is 2.35. The largest absolute Gasteiger partial charge is 0.396 e. The van der Waals surface area contributed by atoms with Crippen molar-refractivity contribution in [3.8, 4) is 6.07 Å². The highest BCUT2D eigenvalue weighted by atomic mass is 32.1. The van der Waals surface area contributed by atoms with Crippen LogP contribution in [0.5, 0.6) is 0 Å². The van der Waals surface area contributed by atoms with Gasteiger partial charge in [-0.3, -0.25) is 4.79 Å². The number of nitrogens with two attached hydrogens (primary N) is 1. The van der Waals surface area contributed by atoms with Gasteiger partial charge in [0, 0.05) is 12.6 Å². The summed E-state index contributed by atoms with van der Waals surface area (Å²) in [6, 6.07) is 2.36. The van der Waals surface area contributed by atoms with E-state index in [2.05, 4.69) is 30.6 Å². The maximum atomic E-state index is 12.0. The normalized spacial score (nSPS) is 14.2. The lowest BCUT2D eigenvalue weighted by atomic mass is 10.2. The summed E-state index contributed by atoms with van der Waals surface area (Å²) in [6.45, 7) is 4.91. The smallest absolute Gasteiger partial charge is 0.263 e. The number of thiophene rings is 1. The molecule has 1 aliphatic rings. The van der Waals surface area contributed by atoms with Crippen LogP contribution in [-0.2, 0) is 0 Å². The molecule has 1 amide bonds. The van der Waals surface area contributed by atoms with Crippen molar-refractivity contribution >= 4 is 27.9 Å². The molecule has 0 atom stereocenters. The van der Waals surface area contributed by atoms with Gasteiger partial charge in [-0.25, -0.2) is 0 Å². The molecule has 1 aromatic heterocycles. The summed E-state index contributed by atoms with van der Waals surface area (Å²) >= 11 is 1.26. The average molecular weight is 278 g/mol. The van der Waals surface area contributed by atoms with E-state index >= 15 is 0 Å². The molecular weight excluding hydrogens is 260 g/mol. The van der Waals surface area contributed by atoms with Crippen molar-refractivity contribution in [2.45, 2.75) is 32.7 Å². The van der Waals surface area contributed by atoms with E-state index in [9.17, 15) is 4.79 Å². The molecule has 1 aromatic rings. The molecule has 2 rings (SSSR count). The Bertz CT molecular complexity index is 525. The van der Waals surface area contributed by atoms with Crippen molar-refractivity contribution in [1.29, 1.82) is 5.26 Å². The molecule has 0 aromatic carbocycles. The molecule has 0 aliphatic heterocycles. The SMILES string of the molecule is CC(C)CNc1sc(C(=O)NC2CC2)c(N)c1C#N. The Morgan fingerprint density at radius 1 is 1.58 bits per heavy atom. The van der Waals surface area contributed by atoms with E-state index in [1.54, 1.807) is 0 Å². The second-order valence-electron chi connectivity index (χ2n) is 5.18. The number of hydrogen-bond acceptors (Lipinski definition) is 5. The number of nitriles is 1. The van der Waals surface area contributed by atoms with Crippen LogP contribution in [0.15, 0.2) is 0 Å². The van der Waals surface area contributed by atoms with Crippen molar-refractivity contribution in [3.63, 3.8) is 0 Å². The van der Waals surface area contributed by atoms with Gasteiger partial charge in [0.2, 0.25) is 0 Å². The number of carbonyl (C=O) groups excluding carboxylic acids is 1. The van der Waals surface area contributed by atoms with Gasteiger partial charge in [0.1, 0.15) is 21.5 Å². The number of nitrogens with zero attached hydrogens (tertiary/aromatic N) is 1. The number of anilines is 2. The van der Waals surface area contributed by atoms with E-state index < -0.39 is 0 Å². The van der Waals surface area contributed by atoms with Gasteiger partial charge in [0.15, 0.2) is 0 Å². The molecule has 0 bridgehead atoms. The summed E-state index contributed by atoms with van der Waals surface area (Å²) in [5.41, 5.74) is 6.58. The third-order valence-corrected chi connectivity index (χ3v) is 4.01. The fourth-order valence-corrected chi connectivity index (χ4v) is 2.60. The maximum absolute atomic E-state index is 12.0. The van der Waals surface area contributed by atoms with E-state index in [1.165, 1.54) is 11.3 Å². The molecule has 0 spiro atoms. The second-order valence-corrected chi connectivity index (χ2v) is 6.20. The Hall–Kier alpha value is -1.74. The first-order chi connectivity index (χ1) is 9.02. The van der Waals surface area contributed by atoms with Crippen LogP contribution < -0.4 is 16.4 Å². The number of amides is 1. The van der Waals surface area contributed by atoms with Gasteiger partial charge in [-0.15, -0.1) is 11.3 Å². The molecule has 5 nitrogen and oxygen atoms in total. The van der Waals surface area contributed by atoms with Crippen LogP contribution in [0.25, 0.3) is 0 Å². The van der Waals surface area contributed by atoms with Crippen molar-refractivity contribution in [2.75, 3.05) is 17.6 Å². The molecule has 1 fully saturated rings. The highest BCUT2D eigenvalue weighted by Gasteiger charge is 2.27. The third-order valence-electron chi connectivity index (χ3n) is 2.85. The fraction of sp³-hybridized carbons (Fsp3) is 0.538. The van der Waals surface area contributed by atoms with Crippen molar-refractivity contribution in [3.05, 3.63) is 10.4 Å². The quantitative estimate of drug-likeness (QED) is 0.769. The first-order valence-corrected chi connectivity index (χ1v) is 7.21. The minimum Gasteiger partial charge on any atom is -0.396 e. The Kier molecular flexibility index (Phi) is 3.96. The predicted octanol–water partition coefficient (Wildman–Crippen LogP) is 2.16. The topological polar surface area (TPSA) is 90.9 Å². The summed E-state index contributed by atoms with van der Waals surface area (Å²) in [5, 5.41) is 15.9. The summed E-state index contributed by atoms with van der Waals surface area (Å²) in [4.78, 5) is 12.5. The van der Waals surface area contributed by atoms with Crippen LogP contribution in [0, 0.1) is 17.2 Å². The number of nitrogens with one attached hydrogen (secondary N) is 2. The van der Waals surface area contributed by atoms with Gasteiger partial charge < -0.3 is 16.4 Å². The molecule has 0 saturated heterocycles. The monoisotopic (exact) mass is 278 g/mol. The summed E-state index contributed by atoms with van der Waals surface area (Å²) in [6.07, 6.45) is 2.06. The number of hydrogen-bond donors (Lipinski definition) is 3. The first kappa shape index (κ1) is 13.7. The molecule has 1 aliphatic carbocycles. The number of rotatable bonds is 5. The minimum atomic E-state index is -0.168. The number of carbonyl (C=O) groups is 1. The molecule has 19 heavy (non-hydrogen) atoms.